The van der Waals surface area contributed by atoms with Gasteiger partial charge in [0.05, 0.1) is 12.7 Å². The lowest BCUT2D eigenvalue weighted by Gasteiger charge is -2.50. The first kappa shape index (κ1) is 16.2. The molecule has 0 spiro atoms. The van der Waals surface area contributed by atoms with Gasteiger partial charge in [-0.1, -0.05) is 0 Å². The van der Waals surface area contributed by atoms with Crippen molar-refractivity contribution in [3.05, 3.63) is 0 Å². The van der Waals surface area contributed by atoms with Crippen molar-refractivity contribution in [3.63, 3.8) is 0 Å². The summed E-state index contributed by atoms with van der Waals surface area (Å²) in [5.41, 5.74) is 0.0952. The first-order valence-electron chi connectivity index (χ1n) is 8.71. The fourth-order valence-electron chi connectivity index (χ4n) is 3.89. The Balaban J connectivity index is 1.57. The number of ether oxygens (including phenoxy) is 2. The van der Waals surface area contributed by atoms with E-state index in [1.807, 2.05) is 0 Å². The van der Waals surface area contributed by atoms with Crippen molar-refractivity contribution in [1.29, 1.82) is 0 Å². The second-order valence-electron chi connectivity index (χ2n) is 7.57. The van der Waals surface area contributed by atoms with E-state index in [0.29, 0.717) is 12.7 Å². The summed E-state index contributed by atoms with van der Waals surface area (Å²) in [6, 6.07) is 0. The lowest BCUT2D eigenvalue weighted by Crippen LogP contribution is -2.57. The van der Waals surface area contributed by atoms with Gasteiger partial charge in [0.15, 0.2) is 0 Å². The number of carbonyl (C=O) groups is 1. The fraction of sp³-hybridized carbons (Fsp3) is 0.941. The second kappa shape index (κ2) is 6.85. The van der Waals surface area contributed by atoms with Gasteiger partial charge in [-0.2, -0.15) is 0 Å². The van der Waals surface area contributed by atoms with Crippen molar-refractivity contribution in [2.75, 3.05) is 53.6 Å². The largest absolute Gasteiger partial charge is 0.377 e. The molecule has 126 valence electrons. The van der Waals surface area contributed by atoms with E-state index in [-0.39, 0.29) is 17.9 Å². The summed E-state index contributed by atoms with van der Waals surface area (Å²) < 4.78 is 11.9. The third-order valence-electron chi connectivity index (χ3n) is 5.39. The molecule has 3 rings (SSSR count). The quantitative estimate of drug-likeness (QED) is 0.743. The standard InChI is InChI=1S/C17H30N2O3/c1-18(2)16(20)11-21-13-17-7-3-9-22-15(17)6-8-19(12-17)10-14-4-5-14/h14-15H,3-13H2,1-2H3/t15-,17-/m1/s1. The molecule has 1 aliphatic carbocycles. The average molecular weight is 310 g/mol. The molecule has 2 aliphatic heterocycles. The SMILES string of the molecule is CN(C)C(=O)COC[C@]12CCCO[C@@H]1CCN(CC1CC1)C2. The van der Waals surface area contributed by atoms with Crippen LogP contribution in [-0.4, -0.2) is 75.4 Å². The first-order chi connectivity index (χ1) is 10.6. The van der Waals surface area contributed by atoms with E-state index in [2.05, 4.69) is 4.90 Å². The molecule has 5 nitrogen and oxygen atoms in total. The molecule has 2 heterocycles. The maximum atomic E-state index is 11.7. The van der Waals surface area contributed by atoms with Crippen LogP contribution in [0, 0.1) is 11.3 Å². The van der Waals surface area contributed by atoms with Crippen molar-refractivity contribution in [1.82, 2.24) is 9.80 Å². The monoisotopic (exact) mass is 310 g/mol. The van der Waals surface area contributed by atoms with Crippen LogP contribution in [-0.2, 0) is 14.3 Å². The predicted octanol–water partition coefficient (Wildman–Crippen LogP) is 1.37. The average Bonchev–Trinajstić information content (AvgIpc) is 3.30. The number of fused-ring (bicyclic) bond motifs is 1. The normalized spacial score (nSPS) is 32.5. The van der Waals surface area contributed by atoms with Crippen LogP contribution in [0.4, 0.5) is 0 Å². The minimum Gasteiger partial charge on any atom is -0.377 e. The molecule has 0 aromatic rings. The van der Waals surface area contributed by atoms with E-state index in [1.165, 1.54) is 19.4 Å². The van der Waals surface area contributed by atoms with E-state index >= 15 is 0 Å². The Morgan fingerprint density at radius 3 is 2.91 bits per heavy atom. The Kier molecular flexibility index (Phi) is 5.05. The van der Waals surface area contributed by atoms with Crippen LogP contribution < -0.4 is 0 Å². The minimum absolute atomic E-state index is 0.0373. The summed E-state index contributed by atoms with van der Waals surface area (Å²) in [5.74, 6) is 0.963. The summed E-state index contributed by atoms with van der Waals surface area (Å²) in [6.07, 6.45) is 6.49. The van der Waals surface area contributed by atoms with E-state index in [4.69, 9.17) is 9.47 Å². The molecule has 0 aromatic carbocycles. The molecule has 3 fully saturated rings. The Labute approximate surface area is 133 Å². The number of piperidine rings is 1. The summed E-state index contributed by atoms with van der Waals surface area (Å²) >= 11 is 0. The molecule has 3 aliphatic rings. The maximum absolute atomic E-state index is 11.7. The molecular formula is C17H30N2O3. The van der Waals surface area contributed by atoms with Gasteiger partial charge in [0.25, 0.3) is 0 Å². The summed E-state index contributed by atoms with van der Waals surface area (Å²) in [6.45, 7) is 5.18. The number of hydrogen-bond acceptors (Lipinski definition) is 4. The van der Waals surface area contributed by atoms with Crippen LogP contribution in [0.25, 0.3) is 0 Å². The Bertz CT molecular complexity index is 397. The highest BCUT2D eigenvalue weighted by atomic mass is 16.5. The topological polar surface area (TPSA) is 42.0 Å². The Hall–Kier alpha value is -0.650. The van der Waals surface area contributed by atoms with Gasteiger partial charge in [-0.25, -0.2) is 0 Å². The van der Waals surface area contributed by atoms with Gasteiger partial charge in [0, 0.05) is 45.8 Å². The number of amides is 1. The molecule has 0 unspecified atom stereocenters. The van der Waals surface area contributed by atoms with Crippen LogP contribution >= 0.6 is 0 Å². The second-order valence-corrected chi connectivity index (χ2v) is 7.57. The molecule has 1 saturated carbocycles. The number of likely N-dealkylation sites (N-methyl/N-ethyl adjacent to an activating group) is 1. The van der Waals surface area contributed by atoms with E-state index in [1.54, 1.807) is 19.0 Å². The highest BCUT2D eigenvalue weighted by Gasteiger charge is 2.46. The predicted molar refractivity (Wildman–Crippen MR) is 84.7 cm³/mol. The fourth-order valence-corrected chi connectivity index (χ4v) is 3.89. The molecule has 0 N–H and O–H groups in total. The maximum Gasteiger partial charge on any atom is 0.248 e. The number of hydrogen-bond donors (Lipinski definition) is 0. The number of rotatable bonds is 6. The molecular weight excluding hydrogens is 280 g/mol. The van der Waals surface area contributed by atoms with Crippen LogP contribution in [0.5, 0.6) is 0 Å². The van der Waals surface area contributed by atoms with E-state index in [0.717, 1.165) is 44.9 Å². The zero-order valence-electron chi connectivity index (χ0n) is 14.1. The van der Waals surface area contributed by atoms with Crippen LogP contribution in [0.15, 0.2) is 0 Å². The highest BCUT2D eigenvalue weighted by Crippen LogP contribution is 2.41. The van der Waals surface area contributed by atoms with Gasteiger partial charge < -0.3 is 19.3 Å². The van der Waals surface area contributed by atoms with Gasteiger partial charge in [-0.15, -0.1) is 0 Å². The lowest BCUT2D eigenvalue weighted by atomic mass is 9.73. The van der Waals surface area contributed by atoms with Crippen molar-refractivity contribution in [3.8, 4) is 0 Å². The third-order valence-corrected chi connectivity index (χ3v) is 5.39. The van der Waals surface area contributed by atoms with Crippen molar-refractivity contribution in [2.45, 2.75) is 38.2 Å². The van der Waals surface area contributed by atoms with Gasteiger partial charge in [-0.3, -0.25) is 4.79 Å². The molecule has 0 radical (unpaired) electrons. The molecule has 0 aromatic heterocycles. The smallest absolute Gasteiger partial charge is 0.248 e. The van der Waals surface area contributed by atoms with Crippen LogP contribution in [0.3, 0.4) is 0 Å². The summed E-state index contributed by atoms with van der Waals surface area (Å²) in [4.78, 5) is 15.9. The zero-order valence-corrected chi connectivity index (χ0v) is 14.1. The lowest BCUT2D eigenvalue weighted by molar-refractivity contribution is -0.159. The molecule has 0 bridgehead atoms. The highest BCUT2D eigenvalue weighted by molar-refractivity contribution is 5.76. The van der Waals surface area contributed by atoms with Crippen molar-refractivity contribution < 1.29 is 14.3 Å². The van der Waals surface area contributed by atoms with Crippen molar-refractivity contribution in [2.24, 2.45) is 11.3 Å². The summed E-state index contributed by atoms with van der Waals surface area (Å²) in [7, 11) is 3.54. The first-order valence-corrected chi connectivity index (χ1v) is 8.71. The van der Waals surface area contributed by atoms with Crippen molar-refractivity contribution >= 4 is 5.91 Å². The Morgan fingerprint density at radius 1 is 1.36 bits per heavy atom. The molecule has 5 heteroatoms. The number of carbonyl (C=O) groups excluding carboxylic acids is 1. The molecule has 2 atom stereocenters. The molecule has 2 saturated heterocycles. The zero-order chi connectivity index (χ0) is 15.6. The molecule has 1 amide bonds. The van der Waals surface area contributed by atoms with Gasteiger partial charge in [0.2, 0.25) is 5.91 Å². The number of likely N-dealkylation sites (tertiary alicyclic amines) is 1. The molecule has 22 heavy (non-hydrogen) atoms. The number of nitrogens with zero attached hydrogens (tertiary/aromatic N) is 2. The van der Waals surface area contributed by atoms with Crippen LogP contribution in [0.2, 0.25) is 0 Å². The van der Waals surface area contributed by atoms with Crippen LogP contribution in [0.1, 0.15) is 32.1 Å². The van der Waals surface area contributed by atoms with Gasteiger partial charge >= 0.3 is 0 Å². The van der Waals surface area contributed by atoms with E-state index in [9.17, 15) is 4.79 Å². The third kappa shape index (κ3) is 3.81. The minimum atomic E-state index is 0.0373. The Morgan fingerprint density at radius 2 is 2.18 bits per heavy atom. The van der Waals surface area contributed by atoms with Gasteiger partial charge in [-0.05, 0) is 38.0 Å². The van der Waals surface area contributed by atoms with Gasteiger partial charge in [0.1, 0.15) is 6.61 Å². The van der Waals surface area contributed by atoms with E-state index < -0.39 is 0 Å². The summed E-state index contributed by atoms with van der Waals surface area (Å²) in [5, 5.41) is 0.